The van der Waals surface area contributed by atoms with Crippen LogP contribution in [-0.2, 0) is 9.53 Å². The third-order valence-corrected chi connectivity index (χ3v) is 4.46. The van der Waals surface area contributed by atoms with Crippen LogP contribution in [0.5, 0.6) is 5.75 Å². The molecule has 0 spiro atoms. The number of methoxy groups -OCH3 is 1. The summed E-state index contributed by atoms with van der Waals surface area (Å²) in [5, 5.41) is 28.8. The lowest BCUT2D eigenvalue weighted by atomic mass is 9.97. The lowest BCUT2D eigenvalue weighted by Gasteiger charge is -2.13. The van der Waals surface area contributed by atoms with Crippen molar-refractivity contribution in [2.24, 2.45) is 0 Å². The van der Waals surface area contributed by atoms with Gasteiger partial charge in [-0.3, -0.25) is 4.79 Å². The van der Waals surface area contributed by atoms with Crippen LogP contribution in [0.15, 0.2) is 23.2 Å². The van der Waals surface area contributed by atoms with Crippen molar-refractivity contribution in [1.82, 2.24) is 4.98 Å². The topological polar surface area (TPSA) is 133 Å². The van der Waals surface area contributed by atoms with Crippen LogP contribution in [0.25, 0.3) is 11.1 Å². The van der Waals surface area contributed by atoms with Crippen LogP contribution in [0.1, 0.15) is 11.1 Å². The number of nitriles is 2. The molecular formula is C16H11ClN4O3S. The van der Waals surface area contributed by atoms with E-state index < -0.39 is 5.97 Å². The molecule has 2 aromatic rings. The first-order valence-corrected chi connectivity index (χ1v) is 8.11. The minimum atomic E-state index is -0.493. The number of phenols is 1. The van der Waals surface area contributed by atoms with Crippen molar-refractivity contribution in [3.05, 3.63) is 34.3 Å². The van der Waals surface area contributed by atoms with Crippen LogP contribution in [0.3, 0.4) is 0 Å². The molecule has 0 atom stereocenters. The average Bonchev–Trinajstić information content (AvgIpc) is 2.61. The molecule has 0 amide bonds. The molecule has 25 heavy (non-hydrogen) atoms. The van der Waals surface area contributed by atoms with E-state index in [4.69, 9.17) is 17.3 Å². The quantitative estimate of drug-likeness (QED) is 0.616. The van der Waals surface area contributed by atoms with Crippen molar-refractivity contribution in [3.63, 3.8) is 0 Å². The van der Waals surface area contributed by atoms with E-state index in [0.29, 0.717) is 5.56 Å². The van der Waals surface area contributed by atoms with Crippen LogP contribution >= 0.6 is 23.4 Å². The lowest BCUT2D eigenvalue weighted by molar-refractivity contribution is -0.137. The number of anilines is 1. The van der Waals surface area contributed by atoms with E-state index >= 15 is 0 Å². The van der Waals surface area contributed by atoms with E-state index in [1.165, 1.54) is 25.3 Å². The first kappa shape index (κ1) is 18.4. The van der Waals surface area contributed by atoms with Crippen molar-refractivity contribution < 1.29 is 14.6 Å². The second-order valence-electron chi connectivity index (χ2n) is 4.68. The number of esters is 1. The van der Waals surface area contributed by atoms with Crippen molar-refractivity contribution in [2.75, 3.05) is 18.6 Å². The molecule has 0 aliphatic heterocycles. The molecule has 0 saturated heterocycles. The Morgan fingerprint density at radius 2 is 2.08 bits per heavy atom. The Morgan fingerprint density at radius 1 is 1.40 bits per heavy atom. The number of aromatic nitrogens is 1. The number of nitrogens with two attached hydrogens (primary N) is 1. The van der Waals surface area contributed by atoms with Crippen LogP contribution in [0, 0.1) is 22.7 Å². The largest absolute Gasteiger partial charge is 0.506 e. The van der Waals surface area contributed by atoms with Crippen molar-refractivity contribution in [3.8, 4) is 29.0 Å². The second-order valence-corrected chi connectivity index (χ2v) is 6.05. The summed E-state index contributed by atoms with van der Waals surface area (Å²) in [4.78, 5) is 15.4. The predicted molar refractivity (Wildman–Crippen MR) is 92.9 cm³/mol. The normalized spacial score (nSPS) is 9.92. The fourth-order valence-electron chi connectivity index (χ4n) is 2.04. The molecule has 1 heterocycles. The number of benzene rings is 1. The molecule has 3 N–H and O–H groups in total. The van der Waals surface area contributed by atoms with Crippen molar-refractivity contribution in [1.29, 1.82) is 10.5 Å². The summed E-state index contributed by atoms with van der Waals surface area (Å²) in [5.41, 5.74) is 6.61. The summed E-state index contributed by atoms with van der Waals surface area (Å²) < 4.78 is 4.57. The Kier molecular flexibility index (Phi) is 5.71. The van der Waals surface area contributed by atoms with Gasteiger partial charge in [0.15, 0.2) is 0 Å². The number of hydrogen-bond donors (Lipinski definition) is 2. The second kappa shape index (κ2) is 7.75. The number of pyridine rings is 1. The Bertz CT molecular complexity index is 934. The average molecular weight is 375 g/mol. The maximum atomic E-state index is 11.3. The third kappa shape index (κ3) is 3.77. The summed E-state index contributed by atoms with van der Waals surface area (Å²) in [5.74, 6) is -0.773. The fourth-order valence-corrected chi connectivity index (χ4v) is 3.05. The van der Waals surface area contributed by atoms with Gasteiger partial charge in [0.05, 0.1) is 23.4 Å². The van der Waals surface area contributed by atoms with Gasteiger partial charge in [0.1, 0.15) is 34.3 Å². The molecule has 126 valence electrons. The number of halogens is 1. The molecular weight excluding hydrogens is 364 g/mol. The van der Waals surface area contributed by atoms with E-state index in [1.807, 2.05) is 12.1 Å². The van der Waals surface area contributed by atoms with Crippen LogP contribution in [0.2, 0.25) is 5.02 Å². The third-order valence-electron chi connectivity index (χ3n) is 3.21. The fraction of sp³-hybridized carbons (Fsp3) is 0.125. The number of phenolic OH excluding ortho intramolecular Hbond substituents is 1. The van der Waals surface area contributed by atoms with E-state index in [-0.39, 0.29) is 44.1 Å². The van der Waals surface area contributed by atoms with E-state index in [0.717, 1.165) is 11.8 Å². The summed E-state index contributed by atoms with van der Waals surface area (Å²) in [6.07, 6.45) is 0. The number of hydrogen-bond acceptors (Lipinski definition) is 8. The highest BCUT2D eigenvalue weighted by Crippen LogP contribution is 2.38. The zero-order valence-corrected chi connectivity index (χ0v) is 14.5. The van der Waals surface area contributed by atoms with Gasteiger partial charge in [0.25, 0.3) is 0 Å². The van der Waals surface area contributed by atoms with Gasteiger partial charge in [0.2, 0.25) is 0 Å². The molecule has 0 unspecified atom stereocenters. The molecule has 0 bridgehead atoms. The summed E-state index contributed by atoms with van der Waals surface area (Å²) in [6.45, 7) is 0. The molecule has 0 radical (unpaired) electrons. The first-order chi connectivity index (χ1) is 11.9. The molecule has 7 nitrogen and oxygen atoms in total. The minimum absolute atomic E-state index is 0.0146. The molecule has 9 heteroatoms. The lowest BCUT2D eigenvalue weighted by Crippen LogP contribution is -2.07. The monoisotopic (exact) mass is 374 g/mol. The van der Waals surface area contributed by atoms with Gasteiger partial charge >= 0.3 is 5.97 Å². The summed E-state index contributed by atoms with van der Waals surface area (Å²) in [6, 6.07) is 8.19. The van der Waals surface area contributed by atoms with Gasteiger partial charge in [-0.2, -0.15) is 10.5 Å². The molecule has 2 rings (SSSR count). The van der Waals surface area contributed by atoms with Crippen LogP contribution in [-0.4, -0.2) is 28.9 Å². The smallest absolute Gasteiger partial charge is 0.316 e. The van der Waals surface area contributed by atoms with Gasteiger partial charge in [0, 0.05) is 5.56 Å². The molecule has 0 aliphatic carbocycles. The molecule has 1 aromatic heterocycles. The highest BCUT2D eigenvalue weighted by atomic mass is 35.5. The van der Waals surface area contributed by atoms with Gasteiger partial charge in [-0.05, 0) is 17.7 Å². The zero-order chi connectivity index (χ0) is 18.6. The highest BCUT2D eigenvalue weighted by Gasteiger charge is 2.21. The van der Waals surface area contributed by atoms with Gasteiger partial charge in [-0.25, -0.2) is 4.98 Å². The van der Waals surface area contributed by atoms with Gasteiger partial charge in [-0.1, -0.05) is 29.4 Å². The Morgan fingerprint density at radius 3 is 2.64 bits per heavy atom. The highest BCUT2D eigenvalue weighted by molar-refractivity contribution is 7.99. The predicted octanol–water partition coefficient (Wildman–Crippen LogP) is 2.70. The first-order valence-electron chi connectivity index (χ1n) is 6.75. The van der Waals surface area contributed by atoms with E-state index in [1.54, 1.807) is 0 Å². The van der Waals surface area contributed by atoms with E-state index in [9.17, 15) is 20.4 Å². The summed E-state index contributed by atoms with van der Waals surface area (Å²) >= 11 is 6.90. The maximum absolute atomic E-state index is 11.3. The Balaban J connectivity index is 2.69. The number of thioether (sulfide) groups is 1. The number of nitrogens with zero attached hydrogens (tertiary/aromatic N) is 3. The zero-order valence-electron chi connectivity index (χ0n) is 12.9. The number of rotatable bonds is 4. The Hall–Kier alpha value is -2.94. The number of carbonyl (C=O) groups excluding carboxylic acids is 1. The maximum Gasteiger partial charge on any atom is 0.316 e. The molecule has 0 saturated carbocycles. The SMILES string of the molecule is COC(=O)CSc1nc(N)c(C#N)c(-c2ccc(O)c(Cl)c2)c1C#N. The number of carbonyl (C=O) groups is 1. The number of nitrogen functional groups attached to an aromatic ring is 1. The standard InChI is InChI=1S/C16H11ClN4O3S/c1-24-13(23)7-25-16-10(6-19)14(9(5-18)15(20)21-16)8-2-3-12(22)11(17)4-8/h2-4,22H,7H2,1H3,(H2,20,21). The van der Waals surface area contributed by atoms with Crippen LogP contribution < -0.4 is 5.73 Å². The minimum Gasteiger partial charge on any atom is -0.506 e. The van der Waals surface area contributed by atoms with Crippen molar-refractivity contribution in [2.45, 2.75) is 5.03 Å². The number of ether oxygens (including phenoxy) is 1. The molecule has 0 aliphatic rings. The molecule has 1 aromatic carbocycles. The van der Waals surface area contributed by atoms with Gasteiger partial charge < -0.3 is 15.6 Å². The Labute approximate surface area is 152 Å². The van der Waals surface area contributed by atoms with Crippen LogP contribution in [0.4, 0.5) is 5.82 Å². The molecule has 0 fully saturated rings. The number of aromatic hydroxyl groups is 1. The van der Waals surface area contributed by atoms with E-state index in [2.05, 4.69) is 9.72 Å². The van der Waals surface area contributed by atoms with Crippen molar-refractivity contribution >= 4 is 35.1 Å². The van der Waals surface area contributed by atoms with Gasteiger partial charge in [-0.15, -0.1) is 0 Å². The summed E-state index contributed by atoms with van der Waals surface area (Å²) in [7, 11) is 1.25.